The summed E-state index contributed by atoms with van der Waals surface area (Å²) in [4.78, 5) is 40.8. The van der Waals surface area contributed by atoms with E-state index >= 15 is 0 Å². The van der Waals surface area contributed by atoms with Gasteiger partial charge in [-0.1, -0.05) is 246 Å². The fourth-order valence-corrected chi connectivity index (χ4v) is 9.07. The Morgan fingerprint density at radius 3 is 0.848 bits per heavy atom. The van der Waals surface area contributed by atoms with Gasteiger partial charge in [0.1, 0.15) is 0 Å². The van der Waals surface area contributed by atoms with E-state index in [0.29, 0.717) is 25.7 Å². The number of carbonyl (C=O) groups excluding carboxylic acids is 3. The molecule has 0 amide bonds. The molecule has 0 bridgehead atoms. The van der Waals surface area contributed by atoms with E-state index in [0.717, 1.165) is 102 Å². The topological polar surface area (TPSA) is 69.7 Å². The van der Waals surface area contributed by atoms with E-state index in [1.807, 2.05) is 0 Å². The second kappa shape index (κ2) is 51.0. The largest absolute Gasteiger partial charge is 0.509 e. The first-order chi connectivity index (χ1) is 32.2. The highest BCUT2D eigenvalue weighted by molar-refractivity contribution is 5.86. The van der Waals surface area contributed by atoms with Crippen LogP contribution in [0, 0.1) is 11.8 Å². The molecule has 0 N–H and O–H groups in total. The number of ketones is 2. The van der Waals surface area contributed by atoms with Crippen molar-refractivity contribution in [3.63, 3.8) is 0 Å². The number of rotatable bonds is 52. The summed E-state index contributed by atoms with van der Waals surface area (Å²) in [5, 5.41) is 0. The molecule has 0 aromatic carbocycles. The number of ether oxygens (including phenoxy) is 2. The Hall–Kier alpha value is -1.91. The number of carbonyl (C=O) groups is 3. The van der Waals surface area contributed by atoms with Crippen molar-refractivity contribution in [3.05, 3.63) is 24.3 Å². The predicted molar refractivity (Wildman–Crippen MR) is 288 cm³/mol. The predicted octanol–water partition coefficient (Wildman–Crippen LogP) is 20.6. The minimum absolute atomic E-state index is 0.0117. The van der Waals surface area contributed by atoms with Gasteiger partial charge in [-0.25, -0.2) is 4.79 Å². The molecule has 2 atom stereocenters. The SMILES string of the molecule is CCCCCC/C=C\CCCCCCCC(=O)C(CCCCCCCCCCC(C)C)OC(=O)OC(CCCCCCCCCCC(C)C)C(=O)CCCCCCC/C=C\CCCCCC. The molecule has 0 fully saturated rings. The number of Topliss-reactive ketones (excluding diaryl/α,β-unsaturated/α-hetero) is 2. The molecule has 0 aromatic heterocycles. The van der Waals surface area contributed by atoms with Crippen molar-refractivity contribution in [1.82, 2.24) is 0 Å². The normalized spacial score (nSPS) is 12.8. The van der Waals surface area contributed by atoms with Crippen LogP contribution in [-0.2, 0) is 19.1 Å². The van der Waals surface area contributed by atoms with Gasteiger partial charge in [0.25, 0.3) is 0 Å². The van der Waals surface area contributed by atoms with Crippen LogP contribution in [0.2, 0.25) is 0 Å². The highest BCUT2D eigenvalue weighted by Crippen LogP contribution is 2.21. The van der Waals surface area contributed by atoms with E-state index in [1.54, 1.807) is 0 Å². The lowest BCUT2D eigenvalue weighted by atomic mass is 10.00. The van der Waals surface area contributed by atoms with Gasteiger partial charge in [-0.15, -0.1) is 0 Å². The fraction of sp³-hybridized carbons (Fsp3) is 0.885. The Morgan fingerprint density at radius 2 is 0.561 bits per heavy atom. The van der Waals surface area contributed by atoms with Crippen LogP contribution < -0.4 is 0 Å². The summed E-state index contributed by atoms with van der Waals surface area (Å²) >= 11 is 0. The van der Waals surface area contributed by atoms with Crippen LogP contribution in [-0.4, -0.2) is 29.9 Å². The zero-order valence-corrected chi connectivity index (χ0v) is 45.3. The molecule has 0 heterocycles. The summed E-state index contributed by atoms with van der Waals surface area (Å²) in [6.45, 7) is 13.7. The molecule has 5 heteroatoms. The van der Waals surface area contributed by atoms with Gasteiger partial charge in [0.2, 0.25) is 0 Å². The molecule has 2 unspecified atom stereocenters. The summed E-state index contributed by atoms with van der Waals surface area (Å²) < 4.78 is 11.8. The molecule has 0 aliphatic rings. The molecule has 66 heavy (non-hydrogen) atoms. The first-order valence-electron chi connectivity index (χ1n) is 29.4. The maximum Gasteiger partial charge on any atom is 0.509 e. The average molecular weight is 928 g/mol. The third-order valence-electron chi connectivity index (χ3n) is 13.6. The maximum atomic E-state index is 13.6. The zero-order valence-electron chi connectivity index (χ0n) is 45.3. The van der Waals surface area contributed by atoms with E-state index in [9.17, 15) is 14.4 Å². The molecular weight excluding hydrogens is 813 g/mol. The highest BCUT2D eigenvalue weighted by Gasteiger charge is 2.27. The smallest absolute Gasteiger partial charge is 0.423 e. The van der Waals surface area contributed by atoms with Crippen molar-refractivity contribution in [3.8, 4) is 0 Å². The second-order valence-electron chi connectivity index (χ2n) is 21.2. The summed E-state index contributed by atoms with van der Waals surface area (Å²) in [5.41, 5.74) is 0. The number of hydrogen-bond donors (Lipinski definition) is 0. The molecule has 388 valence electrons. The average Bonchev–Trinajstić information content (AvgIpc) is 3.29. The van der Waals surface area contributed by atoms with Crippen molar-refractivity contribution in [2.45, 2.75) is 336 Å². The quantitative estimate of drug-likeness (QED) is 0.0345. The van der Waals surface area contributed by atoms with Crippen LogP contribution >= 0.6 is 0 Å². The third kappa shape index (κ3) is 47.2. The van der Waals surface area contributed by atoms with E-state index < -0.39 is 18.4 Å². The number of hydrogen-bond acceptors (Lipinski definition) is 5. The second-order valence-corrected chi connectivity index (χ2v) is 21.2. The highest BCUT2D eigenvalue weighted by atomic mass is 16.7. The van der Waals surface area contributed by atoms with Gasteiger partial charge in [0.15, 0.2) is 23.8 Å². The Labute approximate surface area is 412 Å². The third-order valence-corrected chi connectivity index (χ3v) is 13.6. The van der Waals surface area contributed by atoms with Gasteiger partial charge in [-0.05, 0) is 102 Å². The molecule has 0 radical (unpaired) electrons. The summed E-state index contributed by atoms with van der Waals surface area (Å²) in [6, 6.07) is 0. The molecule has 0 aliphatic carbocycles. The monoisotopic (exact) mass is 927 g/mol. The first kappa shape index (κ1) is 64.1. The van der Waals surface area contributed by atoms with E-state index in [2.05, 4.69) is 65.8 Å². The van der Waals surface area contributed by atoms with E-state index in [4.69, 9.17) is 9.47 Å². The molecule has 0 saturated carbocycles. The van der Waals surface area contributed by atoms with Crippen LogP contribution in [0.4, 0.5) is 4.79 Å². The molecule has 0 rings (SSSR count). The Bertz CT molecular complexity index is 1020. The zero-order chi connectivity index (χ0) is 48.4. The molecule has 5 nitrogen and oxygen atoms in total. The minimum atomic E-state index is -0.827. The molecule has 0 saturated heterocycles. The van der Waals surface area contributed by atoms with Crippen molar-refractivity contribution >= 4 is 17.7 Å². The molecule has 0 aromatic rings. The van der Waals surface area contributed by atoms with E-state index in [1.165, 1.54) is 167 Å². The minimum Gasteiger partial charge on any atom is -0.423 e. The van der Waals surface area contributed by atoms with Crippen LogP contribution in [0.3, 0.4) is 0 Å². The summed E-state index contributed by atoms with van der Waals surface area (Å²) in [5.74, 6) is 1.60. The van der Waals surface area contributed by atoms with Crippen LogP contribution in [0.25, 0.3) is 0 Å². The first-order valence-corrected chi connectivity index (χ1v) is 29.4. The molecule has 0 spiro atoms. The van der Waals surface area contributed by atoms with Crippen molar-refractivity contribution in [1.29, 1.82) is 0 Å². The van der Waals surface area contributed by atoms with Crippen molar-refractivity contribution < 1.29 is 23.9 Å². The van der Waals surface area contributed by atoms with Gasteiger partial charge in [-0.2, -0.15) is 0 Å². The molecular formula is C61H114O5. The number of allylic oxidation sites excluding steroid dienone is 4. The standard InChI is InChI=1S/C61H114O5/c1-7-9-11-13-15-17-19-21-23-25-33-39-45-51-57(62)59(53-47-41-35-29-27-31-37-43-49-55(3)4)65-61(64)66-60(54-48-42-36-30-28-32-38-44-50-56(5)6)58(63)52-46-40-34-26-24-22-20-18-16-14-12-10-8-2/h17-20,55-56,59-60H,7-16,21-54H2,1-6H3/b19-17-,20-18-. The van der Waals surface area contributed by atoms with Crippen LogP contribution in [0.1, 0.15) is 324 Å². The molecule has 0 aliphatic heterocycles. The van der Waals surface area contributed by atoms with Gasteiger partial charge >= 0.3 is 6.16 Å². The lowest BCUT2D eigenvalue weighted by Gasteiger charge is -2.20. The van der Waals surface area contributed by atoms with Crippen molar-refractivity contribution in [2.75, 3.05) is 0 Å². The summed E-state index contributed by atoms with van der Waals surface area (Å²) in [7, 11) is 0. The van der Waals surface area contributed by atoms with Crippen LogP contribution in [0.5, 0.6) is 0 Å². The Balaban J connectivity index is 5.17. The lowest BCUT2D eigenvalue weighted by Crippen LogP contribution is -2.32. The number of unbranched alkanes of at least 4 members (excludes halogenated alkanes) is 32. The Morgan fingerprint density at radius 1 is 0.318 bits per heavy atom. The van der Waals surface area contributed by atoms with Crippen molar-refractivity contribution in [2.24, 2.45) is 11.8 Å². The van der Waals surface area contributed by atoms with Gasteiger partial charge in [0, 0.05) is 12.8 Å². The van der Waals surface area contributed by atoms with E-state index in [-0.39, 0.29) is 11.6 Å². The summed E-state index contributed by atoms with van der Waals surface area (Å²) in [6.07, 6.45) is 56.4. The van der Waals surface area contributed by atoms with Gasteiger partial charge < -0.3 is 9.47 Å². The fourth-order valence-electron chi connectivity index (χ4n) is 9.07. The van der Waals surface area contributed by atoms with Crippen LogP contribution in [0.15, 0.2) is 24.3 Å². The van der Waals surface area contributed by atoms with Gasteiger partial charge in [0.05, 0.1) is 0 Å². The maximum absolute atomic E-state index is 13.6. The Kier molecular flexibility index (Phi) is 49.5. The van der Waals surface area contributed by atoms with Gasteiger partial charge in [-0.3, -0.25) is 9.59 Å². The lowest BCUT2D eigenvalue weighted by molar-refractivity contribution is -0.133.